The van der Waals surface area contributed by atoms with Gasteiger partial charge in [-0.1, -0.05) is 24.6 Å². The first-order valence-corrected chi connectivity index (χ1v) is 10.9. The van der Waals surface area contributed by atoms with E-state index >= 15 is 0 Å². The number of likely N-dealkylation sites (tertiary alicyclic amines) is 1. The van der Waals surface area contributed by atoms with E-state index in [0.29, 0.717) is 50.7 Å². The van der Waals surface area contributed by atoms with Crippen LogP contribution in [0, 0.1) is 12.3 Å². The van der Waals surface area contributed by atoms with Crippen molar-refractivity contribution in [2.75, 3.05) is 52.4 Å². The van der Waals surface area contributed by atoms with Gasteiger partial charge < -0.3 is 10.6 Å². The summed E-state index contributed by atoms with van der Waals surface area (Å²) in [7, 11) is -3.47. The Bertz CT molecular complexity index is 773. The zero-order valence-electron chi connectivity index (χ0n) is 16.2. The number of aryl methyl sites for hydroxylation is 1. The van der Waals surface area contributed by atoms with Crippen molar-refractivity contribution in [3.63, 3.8) is 0 Å². The summed E-state index contributed by atoms with van der Waals surface area (Å²) in [4.78, 5) is 16.8. The van der Waals surface area contributed by atoms with Crippen molar-refractivity contribution in [3.05, 3.63) is 29.8 Å². The molecule has 0 spiro atoms. The van der Waals surface area contributed by atoms with Crippen LogP contribution in [0.4, 0.5) is 0 Å². The number of amides is 1. The maximum Gasteiger partial charge on any atom is 0.243 e. The number of sulfonamides is 1. The fourth-order valence-electron chi connectivity index (χ4n) is 3.68. The normalized spacial score (nSPS) is 25.1. The Morgan fingerprint density at radius 1 is 1.11 bits per heavy atom. The molecule has 1 amide bonds. The quantitative estimate of drug-likeness (QED) is 0.786. The second-order valence-electron chi connectivity index (χ2n) is 8.07. The molecular formula is C19H30N4O3S. The lowest BCUT2D eigenvalue weighted by atomic mass is 9.90. The predicted molar refractivity (Wildman–Crippen MR) is 105 cm³/mol. The molecular weight excluding hydrogens is 364 g/mol. The lowest BCUT2D eigenvalue weighted by molar-refractivity contribution is -0.132. The number of benzene rings is 1. The molecule has 27 heavy (non-hydrogen) atoms. The number of rotatable bonds is 5. The molecule has 2 aliphatic rings. The van der Waals surface area contributed by atoms with Gasteiger partial charge in [-0.15, -0.1) is 0 Å². The van der Waals surface area contributed by atoms with Gasteiger partial charge in [-0.3, -0.25) is 9.69 Å². The van der Waals surface area contributed by atoms with E-state index in [1.54, 1.807) is 12.1 Å². The van der Waals surface area contributed by atoms with E-state index in [1.807, 2.05) is 28.9 Å². The molecule has 7 nitrogen and oxygen atoms in total. The minimum atomic E-state index is -3.47. The van der Waals surface area contributed by atoms with Crippen LogP contribution in [0.1, 0.15) is 18.9 Å². The summed E-state index contributed by atoms with van der Waals surface area (Å²) in [6.07, 6.45) is 0.942. The molecule has 1 aromatic rings. The van der Waals surface area contributed by atoms with Gasteiger partial charge in [0.1, 0.15) is 0 Å². The number of hydrogen-bond donors (Lipinski definition) is 1. The average Bonchev–Trinajstić information content (AvgIpc) is 3.06. The molecule has 150 valence electrons. The summed E-state index contributed by atoms with van der Waals surface area (Å²) >= 11 is 0. The summed E-state index contributed by atoms with van der Waals surface area (Å²) in [5.41, 5.74) is 6.87. The molecule has 2 N–H and O–H groups in total. The standard InChI is InChI=1S/C19H30N4O3S/c1-16-3-5-17(6-4-16)27(25,26)23-11-9-21(10-12-23)13-18(24)22-8-7-19(2,14-20)15-22/h3-6H,7-15,20H2,1-2H3. The van der Waals surface area contributed by atoms with Gasteiger partial charge in [0.25, 0.3) is 0 Å². The highest BCUT2D eigenvalue weighted by molar-refractivity contribution is 7.89. The van der Waals surface area contributed by atoms with Crippen LogP contribution in [-0.4, -0.2) is 80.8 Å². The molecule has 3 rings (SSSR count). The van der Waals surface area contributed by atoms with Gasteiger partial charge in [-0.2, -0.15) is 4.31 Å². The molecule has 8 heteroatoms. The molecule has 1 aromatic carbocycles. The van der Waals surface area contributed by atoms with E-state index < -0.39 is 10.0 Å². The zero-order chi connectivity index (χ0) is 19.7. The van der Waals surface area contributed by atoms with Crippen molar-refractivity contribution in [1.29, 1.82) is 0 Å². The Labute approximate surface area is 162 Å². The van der Waals surface area contributed by atoms with Crippen molar-refractivity contribution in [3.8, 4) is 0 Å². The molecule has 0 saturated carbocycles. The Balaban J connectivity index is 1.53. The van der Waals surface area contributed by atoms with Crippen LogP contribution >= 0.6 is 0 Å². The van der Waals surface area contributed by atoms with E-state index in [0.717, 1.165) is 18.5 Å². The summed E-state index contributed by atoms with van der Waals surface area (Å²) in [6, 6.07) is 6.94. The van der Waals surface area contributed by atoms with Gasteiger partial charge in [0, 0.05) is 39.3 Å². The molecule has 0 aromatic heterocycles. The molecule has 1 unspecified atom stereocenters. The largest absolute Gasteiger partial charge is 0.341 e. The van der Waals surface area contributed by atoms with Gasteiger partial charge in [-0.25, -0.2) is 8.42 Å². The Hall–Kier alpha value is -1.48. The first-order chi connectivity index (χ1) is 12.7. The van der Waals surface area contributed by atoms with Gasteiger partial charge in [-0.05, 0) is 37.4 Å². The van der Waals surface area contributed by atoms with Crippen LogP contribution in [0.5, 0.6) is 0 Å². The van der Waals surface area contributed by atoms with Crippen LogP contribution in [0.25, 0.3) is 0 Å². The van der Waals surface area contributed by atoms with Gasteiger partial charge >= 0.3 is 0 Å². The van der Waals surface area contributed by atoms with Gasteiger partial charge in [0.05, 0.1) is 11.4 Å². The van der Waals surface area contributed by atoms with Crippen LogP contribution in [0.3, 0.4) is 0 Å². The minimum absolute atomic E-state index is 0.0243. The fourth-order valence-corrected chi connectivity index (χ4v) is 5.10. The average molecular weight is 395 g/mol. The SMILES string of the molecule is Cc1ccc(S(=O)(=O)N2CCN(CC(=O)N3CCC(C)(CN)C3)CC2)cc1. The Morgan fingerprint density at radius 3 is 2.30 bits per heavy atom. The van der Waals surface area contributed by atoms with Crippen LogP contribution < -0.4 is 5.73 Å². The van der Waals surface area contributed by atoms with E-state index in [9.17, 15) is 13.2 Å². The van der Waals surface area contributed by atoms with E-state index in [4.69, 9.17) is 5.73 Å². The second kappa shape index (κ2) is 7.87. The van der Waals surface area contributed by atoms with Crippen molar-refractivity contribution >= 4 is 15.9 Å². The molecule has 0 radical (unpaired) electrons. The van der Waals surface area contributed by atoms with E-state index in [-0.39, 0.29) is 11.3 Å². The monoisotopic (exact) mass is 394 g/mol. The number of nitrogens with two attached hydrogens (primary N) is 1. The summed E-state index contributed by atoms with van der Waals surface area (Å²) in [5, 5.41) is 0. The molecule has 0 aliphatic carbocycles. The third-order valence-electron chi connectivity index (χ3n) is 5.75. The van der Waals surface area contributed by atoms with Crippen molar-refractivity contribution < 1.29 is 13.2 Å². The van der Waals surface area contributed by atoms with Crippen molar-refractivity contribution in [2.45, 2.75) is 25.2 Å². The van der Waals surface area contributed by atoms with Gasteiger partial charge in [0.15, 0.2) is 0 Å². The van der Waals surface area contributed by atoms with Crippen molar-refractivity contribution in [1.82, 2.24) is 14.1 Å². The fraction of sp³-hybridized carbons (Fsp3) is 0.632. The summed E-state index contributed by atoms with van der Waals surface area (Å²) in [6.45, 7) is 8.41. The Morgan fingerprint density at radius 2 is 1.74 bits per heavy atom. The molecule has 2 heterocycles. The topological polar surface area (TPSA) is 87.0 Å². The molecule has 0 bridgehead atoms. The summed E-state index contributed by atoms with van der Waals surface area (Å²) in [5.74, 6) is 0.113. The molecule has 2 fully saturated rings. The number of carbonyl (C=O) groups is 1. The van der Waals surface area contributed by atoms with E-state index in [1.165, 1.54) is 4.31 Å². The third kappa shape index (κ3) is 4.51. The first kappa shape index (κ1) is 20.3. The highest BCUT2D eigenvalue weighted by Crippen LogP contribution is 2.28. The lowest BCUT2D eigenvalue weighted by Gasteiger charge is -2.34. The van der Waals surface area contributed by atoms with Crippen LogP contribution in [-0.2, 0) is 14.8 Å². The molecule has 2 saturated heterocycles. The second-order valence-corrected chi connectivity index (χ2v) is 10.0. The van der Waals surface area contributed by atoms with Crippen LogP contribution in [0.2, 0.25) is 0 Å². The predicted octanol–water partition coefficient (Wildman–Crippen LogP) is 0.499. The third-order valence-corrected chi connectivity index (χ3v) is 7.67. The highest BCUT2D eigenvalue weighted by Gasteiger charge is 2.36. The lowest BCUT2D eigenvalue weighted by Crippen LogP contribution is -2.51. The molecule has 2 aliphatic heterocycles. The summed E-state index contributed by atoms with van der Waals surface area (Å²) < 4.78 is 27.0. The van der Waals surface area contributed by atoms with E-state index in [2.05, 4.69) is 6.92 Å². The van der Waals surface area contributed by atoms with Gasteiger partial charge in [0.2, 0.25) is 15.9 Å². The maximum absolute atomic E-state index is 12.8. The zero-order valence-corrected chi connectivity index (χ0v) is 17.0. The molecule has 1 atom stereocenters. The van der Waals surface area contributed by atoms with Crippen molar-refractivity contribution in [2.24, 2.45) is 11.1 Å². The minimum Gasteiger partial charge on any atom is -0.341 e. The number of carbonyl (C=O) groups excluding carboxylic acids is 1. The first-order valence-electron chi connectivity index (χ1n) is 9.51. The number of hydrogen-bond acceptors (Lipinski definition) is 5. The number of piperazine rings is 1. The Kier molecular flexibility index (Phi) is 5.90. The highest BCUT2D eigenvalue weighted by atomic mass is 32.2. The van der Waals surface area contributed by atoms with Crippen LogP contribution in [0.15, 0.2) is 29.2 Å². The maximum atomic E-state index is 12.8. The smallest absolute Gasteiger partial charge is 0.243 e. The number of nitrogens with zero attached hydrogens (tertiary/aromatic N) is 3.